The first-order chi connectivity index (χ1) is 12.7. The van der Waals surface area contributed by atoms with Gasteiger partial charge in [-0.05, 0) is 42.5 Å². The van der Waals surface area contributed by atoms with Gasteiger partial charge in [0.25, 0.3) is 0 Å². The Hall–Kier alpha value is -3.52. The van der Waals surface area contributed by atoms with Crippen LogP contribution < -0.4 is 5.69 Å². The number of nitrogens with zero attached hydrogens (tertiary/aromatic N) is 4. The average molecular weight is 361 g/mol. The number of benzene rings is 2. The number of phenols is 1. The number of hydrogen-bond donors (Lipinski definition) is 2. The van der Waals surface area contributed by atoms with Gasteiger partial charge in [-0.15, -0.1) is 11.3 Å². The highest BCUT2D eigenvalue weighted by Gasteiger charge is 2.14. The van der Waals surface area contributed by atoms with Crippen molar-refractivity contribution in [2.45, 2.75) is 0 Å². The monoisotopic (exact) mass is 361 g/mol. The van der Waals surface area contributed by atoms with Crippen molar-refractivity contribution >= 4 is 32.8 Å². The SMILES string of the molecule is O=c1[nH]c2ncc(-c3ccc(O)cc3)nc2n1-c1ccc2scnc2c1. The molecule has 0 saturated carbocycles. The van der Waals surface area contributed by atoms with E-state index >= 15 is 0 Å². The van der Waals surface area contributed by atoms with Crippen LogP contribution in [-0.2, 0) is 0 Å². The highest BCUT2D eigenvalue weighted by Crippen LogP contribution is 2.24. The Morgan fingerprint density at radius 3 is 2.77 bits per heavy atom. The number of phenolic OH excluding ortho intramolecular Hbond substituents is 1. The minimum absolute atomic E-state index is 0.179. The highest BCUT2D eigenvalue weighted by molar-refractivity contribution is 7.16. The van der Waals surface area contributed by atoms with Crippen LogP contribution in [0.25, 0.3) is 38.5 Å². The Morgan fingerprint density at radius 2 is 1.92 bits per heavy atom. The lowest BCUT2D eigenvalue weighted by Crippen LogP contribution is -2.14. The van der Waals surface area contributed by atoms with Gasteiger partial charge in [0, 0.05) is 5.56 Å². The summed E-state index contributed by atoms with van der Waals surface area (Å²) >= 11 is 1.55. The fourth-order valence-electron chi connectivity index (χ4n) is 2.87. The number of H-pyrrole nitrogens is 1. The van der Waals surface area contributed by atoms with Crippen LogP contribution in [0.1, 0.15) is 0 Å². The third-order valence-corrected chi connectivity index (χ3v) is 4.94. The number of imidazole rings is 1. The van der Waals surface area contributed by atoms with Crippen molar-refractivity contribution in [2.75, 3.05) is 0 Å². The van der Waals surface area contributed by atoms with Crippen LogP contribution >= 0.6 is 11.3 Å². The summed E-state index contributed by atoms with van der Waals surface area (Å²) in [5, 5.41) is 9.45. The molecule has 5 rings (SSSR count). The molecule has 2 aromatic carbocycles. The zero-order valence-corrected chi connectivity index (χ0v) is 14.1. The highest BCUT2D eigenvalue weighted by atomic mass is 32.1. The van der Waals surface area contributed by atoms with Gasteiger partial charge < -0.3 is 5.11 Å². The molecule has 0 saturated heterocycles. The van der Waals surface area contributed by atoms with Crippen molar-refractivity contribution in [3.63, 3.8) is 0 Å². The standard InChI is InChI=1S/C18H11N5O2S/c24-12-4-1-10(2-5-12)14-8-19-16-17(21-14)23(18(25)22-16)11-3-6-15-13(7-11)20-9-26-15/h1-9,24H,(H,19,22,25). The second-order valence-corrected chi connectivity index (χ2v) is 6.63. The molecule has 0 amide bonds. The number of hydrogen-bond acceptors (Lipinski definition) is 6. The first-order valence-electron chi connectivity index (χ1n) is 7.80. The molecule has 3 aromatic heterocycles. The lowest BCUT2D eigenvalue weighted by molar-refractivity contribution is 0.475. The molecule has 0 atom stereocenters. The third-order valence-electron chi connectivity index (χ3n) is 4.13. The van der Waals surface area contributed by atoms with Gasteiger partial charge in [0.1, 0.15) is 5.75 Å². The summed E-state index contributed by atoms with van der Waals surface area (Å²) in [4.78, 5) is 28.5. The molecule has 8 heteroatoms. The second kappa shape index (κ2) is 5.50. The Bertz CT molecular complexity index is 1320. The van der Waals surface area contributed by atoms with Crippen LogP contribution in [0.15, 0.2) is 59.0 Å². The number of rotatable bonds is 2. The zero-order chi connectivity index (χ0) is 17.7. The number of thiazole rings is 1. The molecular formula is C18H11N5O2S. The van der Waals surface area contributed by atoms with Crippen LogP contribution in [0.5, 0.6) is 5.75 Å². The summed E-state index contributed by atoms with van der Waals surface area (Å²) in [6, 6.07) is 12.3. The molecule has 0 aliphatic carbocycles. The van der Waals surface area contributed by atoms with E-state index in [9.17, 15) is 9.90 Å². The molecule has 0 fully saturated rings. The zero-order valence-electron chi connectivity index (χ0n) is 13.2. The molecule has 126 valence electrons. The molecule has 0 aliphatic rings. The predicted molar refractivity (Wildman–Crippen MR) is 99.8 cm³/mol. The first kappa shape index (κ1) is 14.8. The summed E-state index contributed by atoms with van der Waals surface area (Å²) in [6.07, 6.45) is 1.60. The molecule has 5 aromatic rings. The number of fused-ring (bicyclic) bond motifs is 2. The van der Waals surface area contributed by atoms with Crippen molar-refractivity contribution in [3.05, 3.63) is 64.7 Å². The van der Waals surface area contributed by atoms with Gasteiger partial charge in [0.15, 0.2) is 11.3 Å². The van der Waals surface area contributed by atoms with Crippen LogP contribution in [-0.4, -0.2) is 29.6 Å². The maximum atomic E-state index is 12.5. The van der Waals surface area contributed by atoms with Crippen molar-refractivity contribution in [3.8, 4) is 22.7 Å². The van der Waals surface area contributed by atoms with E-state index in [4.69, 9.17) is 0 Å². The van der Waals surface area contributed by atoms with Crippen LogP contribution in [0, 0.1) is 0 Å². The van der Waals surface area contributed by atoms with Gasteiger partial charge >= 0.3 is 5.69 Å². The number of aromatic amines is 1. The molecule has 0 aliphatic heterocycles. The van der Waals surface area contributed by atoms with E-state index in [1.807, 2.05) is 18.2 Å². The minimum Gasteiger partial charge on any atom is -0.508 e. The van der Waals surface area contributed by atoms with Gasteiger partial charge in [-0.1, -0.05) is 0 Å². The maximum absolute atomic E-state index is 12.5. The van der Waals surface area contributed by atoms with Gasteiger partial charge in [0.05, 0.1) is 33.3 Å². The fourth-order valence-corrected chi connectivity index (χ4v) is 3.53. The molecule has 7 nitrogen and oxygen atoms in total. The van der Waals surface area contributed by atoms with E-state index in [-0.39, 0.29) is 11.4 Å². The largest absolute Gasteiger partial charge is 0.508 e. The van der Waals surface area contributed by atoms with Gasteiger partial charge in [-0.3, -0.25) is 4.98 Å². The van der Waals surface area contributed by atoms with Crippen molar-refractivity contribution in [2.24, 2.45) is 0 Å². The summed E-state index contributed by atoms with van der Waals surface area (Å²) in [5.41, 5.74) is 5.24. The molecule has 0 bridgehead atoms. The summed E-state index contributed by atoms with van der Waals surface area (Å²) in [7, 11) is 0. The van der Waals surface area contributed by atoms with E-state index in [2.05, 4.69) is 19.9 Å². The Morgan fingerprint density at radius 1 is 1.08 bits per heavy atom. The Labute approximate surface area is 150 Å². The summed E-state index contributed by atoms with van der Waals surface area (Å²) in [6.45, 7) is 0. The Kier molecular flexibility index (Phi) is 3.13. The summed E-state index contributed by atoms with van der Waals surface area (Å²) in [5.74, 6) is 0.179. The van der Waals surface area contributed by atoms with Crippen LogP contribution in [0.3, 0.4) is 0 Å². The van der Waals surface area contributed by atoms with E-state index in [0.29, 0.717) is 22.7 Å². The smallest absolute Gasteiger partial charge is 0.333 e. The first-order valence-corrected chi connectivity index (χ1v) is 8.68. The second-order valence-electron chi connectivity index (χ2n) is 5.74. The molecule has 26 heavy (non-hydrogen) atoms. The van der Waals surface area contributed by atoms with E-state index < -0.39 is 0 Å². The van der Waals surface area contributed by atoms with E-state index in [0.717, 1.165) is 15.8 Å². The predicted octanol–water partition coefficient (Wildman–Crippen LogP) is 3.09. The van der Waals surface area contributed by atoms with Crippen molar-refractivity contribution in [1.29, 1.82) is 0 Å². The van der Waals surface area contributed by atoms with Crippen LogP contribution in [0.4, 0.5) is 0 Å². The van der Waals surface area contributed by atoms with Crippen molar-refractivity contribution < 1.29 is 5.11 Å². The fraction of sp³-hybridized carbons (Fsp3) is 0. The van der Waals surface area contributed by atoms with Gasteiger partial charge in [0.2, 0.25) is 0 Å². The van der Waals surface area contributed by atoms with Gasteiger partial charge in [-0.25, -0.2) is 24.3 Å². The van der Waals surface area contributed by atoms with Crippen molar-refractivity contribution in [1.82, 2.24) is 24.5 Å². The molecular weight excluding hydrogens is 350 g/mol. The topological polar surface area (TPSA) is 96.7 Å². The molecule has 3 heterocycles. The van der Waals surface area contributed by atoms with Gasteiger partial charge in [-0.2, -0.15) is 0 Å². The lowest BCUT2D eigenvalue weighted by atomic mass is 10.1. The number of nitrogens with one attached hydrogen (secondary N) is 1. The molecule has 2 N–H and O–H groups in total. The quantitative estimate of drug-likeness (QED) is 0.504. The third kappa shape index (κ3) is 2.27. The minimum atomic E-state index is -0.308. The number of aromatic hydroxyl groups is 1. The van der Waals surface area contributed by atoms with E-state index in [1.165, 1.54) is 4.57 Å². The molecule has 0 radical (unpaired) electrons. The molecule has 0 spiro atoms. The normalized spacial score (nSPS) is 11.4. The maximum Gasteiger partial charge on any atom is 0.333 e. The Balaban J connectivity index is 1.73. The number of aromatic nitrogens is 5. The summed E-state index contributed by atoms with van der Waals surface area (Å²) < 4.78 is 2.54. The molecule has 0 unspecified atom stereocenters. The van der Waals surface area contributed by atoms with E-state index in [1.54, 1.807) is 47.3 Å². The lowest BCUT2D eigenvalue weighted by Gasteiger charge is -2.04. The van der Waals surface area contributed by atoms with Crippen LogP contribution in [0.2, 0.25) is 0 Å². The average Bonchev–Trinajstić information content (AvgIpc) is 3.24.